The third kappa shape index (κ3) is 7.53. The van der Waals surface area contributed by atoms with E-state index < -0.39 is 73.7 Å². The predicted molar refractivity (Wildman–Crippen MR) is 170 cm³/mol. The fraction of sp³-hybridized carbons (Fsp3) is 0.545. The molecular formula is C33H41N5O8S. The number of carbonyl (C=O) groups is 4. The number of ether oxygens (including phenoxy) is 2. The molecular weight excluding hydrogens is 626 g/mol. The molecule has 2 saturated carbocycles. The van der Waals surface area contributed by atoms with Crippen molar-refractivity contribution in [3.63, 3.8) is 0 Å². The Morgan fingerprint density at radius 1 is 1.13 bits per heavy atom. The summed E-state index contributed by atoms with van der Waals surface area (Å²) in [5.74, 6) is -3.36. The maximum Gasteiger partial charge on any atom is 0.317 e. The third-order valence-electron chi connectivity index (χ3n) is 9.25. The largest absolute Gasteiger partial charge is 0.469 e. The highest BCUT2D eigenvalue weighted by Gasteiger charge is 2.61. The van der Waals surface area contributed by atoms with E-state index in [0.717, 1.165) is 0 Å². The topological polar surface area (TPSA) is 175 Å². The average molecular weight is 668 g/mol. The predicted octanol–water partition coefficient (Wildman–Crippen LogP) is 2.87. The minimum absolute atomic E-state index is 0.000307. The number of nitrogens with zero attached hydrogens (tertiary/aromatic N) is 4. The molecule has 0 bridgehead atoms. The maximum atomic E-state index is 14.2. The summed E-state index contributed by atoms with van der Waals surface area (Å²) in [7, 11) is -2.59. The van der Waals surface area contributed by atoms with Crippen LogP contribution in [0.3, 0.4) is 0 Å². The Bertz CT molecular complexity index is 1660. The molecule has 2 amide bonds. The maximum absolute atomic E-state index is 14.2. The lowest BCUT2D eigenvalue weighted by atomic mass is 9.77. The van der Waals surface area contributed by atoms with Crippen molar-refractivity contribution in [1.82, 2.24) is 24.6 Å². The van der Waals surface area contributed by atoms with E-state index in [1.807, 2.05) is 26.8 Å². The molecule has 0 aromatic carbocycles. The quantitative estimate of drug-likeness (QED) is 0.246. The summed E-state index contributed by atoms with van der Waals surface area (Å²) in [6, 6.07) is 6.12. The third-order valence-corrected chi connectivity index (χ3v) is 11.1. The minimum Gasteiger partial charge on any atom is -0.469 e. The van der Waals surface area contributed by atoms with Crippen LogP contribution in [0.1, 0.15) is 59.3 Å². The molecule has 0 spiro atoms. The zero-order valence-corrected chi connectivity index (χ0v) is 27.9. The zero-order chi connectivity index (χ0) is 34.1. The van der Waals surface area contributed by atoms with Crippen LogP contribution in [0.5, 0.6) is 6.01 Å². The van der Waals surface area contributed by atoms with Gasteiger partial charge in [-0.2, -0.15) is 4.98 Å². The van der Waals surface area contributed by atoms with E-state index in [9.17, 15) is 27.6 Å². The summed E-state index contributed by atoms with van der Waals surface area (Å²) < 4.78 is 38.4. The molecule has 1 saturated heterocycles. The summed E-state index contributed by atoms with van der Waals surface area (Å²) >= 11 is 0. The van der Waals surface area contributed by atoms with E-state index in [0.29, 0.717) is 24.2 Å². The number of pyridine rings is 1. The molecule has 1 aliphatic heterocycles. The molecule has 2 aromatic rings. The Kier molecular flexibility index (Phi) is 9.54. The number of hydrogen-bond donors (Lipinski definition) is 1. The van der Waals surface area contributed by atoms with E-state index in [2.05, 4.69) is 26.3 Å². The van der Waals surface area contributed by atoms with E-state index in [1.165, 1.54) is 18.2 Å². The fourth-order valence-electron chi connectivity index (χ4n) is 6.16. The van der Waals surface area contributed by atoms with Gasteiger partial charge in [0.05, 0.1) is 54.1 Å². The number of ketones is 1. The Morgan fingerprint density at radius 3 is 2.47 bits per heavy atom. The van der Waals surface area contributed by atoms with Gasteiger partial charge >= 0.3 is 12.0 Å². The van der Waals surface area contributed by atoms with Crippen LogP contribution in [-0.2, 0) is 33.9 Å². The van der Waals surface area contributed by atoms with Gasteiger partial charge in [-0.25, -0.2) is 13.4 Å². The van der Waals surface area contributed by atoms with Crippen LogP contribution in [0.2, 0.25) is 0 Å². The number of Topliss-reactive ketones (excluding diaryl/α,β-unsaturated/α-hetero) is 1. The van der Waals surface area contributed by atoms with E-state index in [-0.39, 0.29) is 38.2 Å². The number of allylic oxidation sites excluding steroid dienone is 1. The van der Waals surface area contributed by atoms with Crippen molar-refractivity contribution in [2.45, 2.75) is 76.7 Å². The smallest absolute Gasteiger partial charge is 0.317 e. The molecule has 3 fully saturated rings. The molecule has 1 unspecified atom stereocenters. The molecule has 3 heterocycles. The zero-order valence-electron chi connectivity index (χ0n) is 27.0. The van der Waals surface area contributed by atoms with Crippen molar-refractivity contribution < 1.29 is 37.1 Å². The van der Waals surface area contributed by atoms with E-state index >= 15 is 0 Å². The van der Waals surface area contributed by atoms with Crippen LogP contribution in [0.15, 0.2) is 49.3 Å². The van der Waals surface area contributed by atoms with Gasteiger partial charge in [0.15, 0.2) is 5.78 Å². The normalized spacial score (nSPS) is 24.6. The number of hydrogen-bond acceptors (Lipinski definition) is 11. The number of likely N-dealkylation sites (tertiary alicyclic amines) is 1. The monoisotopic (exact) mass is 667 g/mol. The SMILES string of the molecule is C=CC1C[C@]1(CC(=O)[C@@H]1C[C@@H](Oc2nccc(-c3ccccn3)n2)CN1C(=O)[C@@H](CC(=O)OC)C(C)(C)C)C(=O)NS(=O)(=O)C1CC1. The number of sulfonamides is 1. The van der Waals surface area contributed by atoms with Crippen LogP contribution < -0.4 is 9.46 Å². The van der Waals surface area contributed by atoms with Gasteiger partial charge in [0, 0.05) is 25.2 Å². The molecule has 0 radical (unpaired) electrons. The summed E-state index contributed by atoms with van der Waals surface area (Å²) in [5.41, 5.74) is -0.816. The lowest BCUT2D eigenvalue weighted by Gasteiger charge is -2.34. The van der Waals surface area contributed by atoms with Gasteiger partial charge in [-0.3, -0.25) is 28.9 Å². The molecule has 2 aliphatic carbocycles. The minimum atomic E-state index is -3.84. The molecule has 3 aliphatic rings. The lowest BCUT2D eigenvalue weighted by molar-refractivity contribution is -0.151. The second-order valence-corrected chi connectivity index (χ2v) is 15.6. The van der Waals surface area contributed by atoms with E-state index in [4.69, 9.17) is 9.47 Å². The second-order valence-electron chi connectivity index (χ2n) is 13.6. The van der Waals surface area contributed by atoms with Crippen LogP contribution in [0.25, 0.3) is 11.4 Å². The van der Waals surface area contributed by atoms with Crippen molar-refractivity contribution in [3.8, 4) is 17.4 Å². The van der Waals surface area contributed by atoms with Crippen LogP contribution in [0, 0.1) is 22.7 Å². The number of amides is 2. The summed E-state index contributed by atoms with van der Waals surface area (Å²) in [6.07, 6.45) is 4.84. The van der Waals surface area contributed by atoms with Crippen molar-refractivity contribution >= 4 is 33.6 Å². The van der Waals surface area contributed by atoms with Gasteiger partial charge in [-0.15, -0.1) is 6.58 Å². The standard InChI is InChI=1S/C33H41N5O8S/c1-6-20-17-33(20,30(42)37-47(43,44)22-10-11-22)18-27(39)26-15-21(19-38(26)29(41)23(32(2,3)4)16-28(40)45-5)46-31-35-14-12-25(36-31)24-9-7-8-13-34-24/h6-9,12-14,20-23,26H,1,10-11,15-19H2,2-5H3,(H,37,42)/t20?,21-,23-,26+,33-/m1/s1. The molecule has 47 heavy (non-hydrogen) atoms. The van der Waals surface area contributed by atoms with Crippen molar-refractivity contribution in [2.75, 3.05) is 13.7 Å². The number of methoxy groups -OCH3 is 1. The van der Waals surface area contributed by atoms with Crippen molar-refractivity contribution in [3.05, 3.63) is 49.3 Å². The van der Waals surface area contributed by atoms with Crippen molar-refractivity contribution in [1.29, 1.82) is 0 Å². The van der Waals surface area contributed by atoms with E-state index in [1.54, 1.807) is 30.5 Å². The number of esters is 1. The van der Waals surface area contributed by atoms with Crippen molar-refractivity contribution in [2.24, 2.45) is 22.7 Å². The highest BCUT2D eigenvalue weighted by Crippen LogP contribution is 2.57. The number of rotatable bonds is 13. The molecule has 5 rings (SSSR count). The average Bonchev–Trinajstić information content (AvgIpc) is 3.96. The molecule has 5 atom stereocenters. The molecule has 252 valence electrons. The molecule has 1 N–H and O–H groups in total. The van der Waals surface area contributed by atoms with Gasteiger partial charge < -0.3 is 14.4 Å². The lowest BCUT2D eigenvalue weighted by Crippen LogP contribution is -2.48. The number of nitrogens with one attached hydrogen (secondary N) is 1. The second kappa shape index (κ2) is 13.1. The number of carbonyl (C=O) groups excluding carboxylic acids is 4. The Morgan fingerprint density at radius 2 is 1.87 bits per heavy atom. The Balaban J connectivity index is 1.41. The summed E-state index contributed by atoms with van der Waals surface area (Å²) in [6.45, 7) is 9.26. The van der Waals surface area contributed by atoms with Crippen LogP contribution in [-0.4, -0.2) is 82.9 Å². The molecule has 13 nitrogen and oxygen atoms in total. The molecule has 2 aromatic heterocycles. The van der Waals surface area contributed by atoms with Gasteiger partial charge in [-0.05, 0) is 48.8 Å². The summed E-state index contributed by atoms with van der Waals surface area (Å²) in [4.78, 5) is 68.5. The first-order valence-corrected chi connectivity index (χ1v) is 17.2. The number of aromatic nitrogens is 3. The van der Waals surface area contributed by atoms with Gasteiger partial charge in [0.25, 0.3) is 0 Å². The highest BCUT2D eigenvalue weighted by atomic mass is 32.2. The first kappa shape index (κ1) is 34.1. The summed E-state index contributed by atoms with van der Waals surface area (Å²) in [5, 5.41) is -0.608. The fourth-order valence-corrected chi connectivity index (χ4v) is 7.54. The first-order chi connectivity index (χ1) is 22.2. The molecule has 14 heteroatoms. The van der Waals surface area contributed by atoms with Gasteiger partial charge in [-0.1, -0.05) is 32.9 Å². The first-order valence-electron chi connectivity index (χ1n) is 15.7. The Hall–Kier alpha value is -4.20. The Labute approximate surface area is 274 Å². The van der Waals surface area contributed by atoms with Crippen LogP contribution >= 0.6 is 0 Å². The van der Waals surface area contributed by atoms with Gasteiger partial charge in [0.1, 0.15) is 6.10 Å². The van der Waals surface area contributed by atoms with Gasteiger partial charge in [0.2, 0.25) is 21.8 Å². The van der Waals surface area contributed by atoms with Crippen LogP contribution in [0.4, 0.5) is 0 Å². The highest BCUT2D eigenvalue weighted by molar-refractivity contribution is 7.90.